The van der Waals surface area contributed by atoms with Crippen LogP contribution < -0.4 is 5.43 Å². The van der Waals surface area contributed by atoms with E-state index in [4.69, 9.17) is 0 Å². The summed E-state index contributed by atoms with van der Waals surface area (Å²) in [4.78, 5) is 12.6. The number of benzene rings is 3. The molecule has 132 valence electrons. The van der Waals surface area contributed by atoms with Crippen molar-refractivity contribution in [2.45, 2.75) is 0 Å². The Morgan fingerprint density at radius 2 is 1.67 bits per heavy atom. The van der Waals surface area contributed by atoms with Gasteiger partial charge in [-0.3, -0.25) is 4.79 Å². The molecule has 2 N–H and O–H groups in total. The summed E-state index contributed by atoms with van der Waals surface area (Å²) in [5.74, 6) is -0.213. The molecule has 0 aliphatic carbocycles. The first kappa shape index (κ1) is 16.6. The molecular formula is C22H17N3O2. The van der Waals surface area contributed by atoms with Gasteiger partial charge in [-0.25, -0.2) is 5.43 Å². The van der Waals surface area contributed by atoms with Crippen molar-refractivity contribution in [3.8, 4) is 11.4 Å². The lowest BCUT2D eigenvalue weighted by atomic mass is 10.0. The van der Waals surface area contributed by atoms with Crippen LogP contribution in [0.5, 0.6) is 5.75 Å². The Hall–Kier alpha value is -3.86. The van der Waals surface area contributed by atoms with Gasteiger partial charge >= 0.3 is 0 Å². The average molecular weight is 355 g/mol. The zero-order valence-electron chi connectivity index (χ0n) is 14.4. The second-order valence-corrected chi connectivity index (χ2v) is 6.03. The van der Waals surface area contributed by atoms with Crippen molar-refractivity contribution in [3.05, 3.63) is 96.3 Å². The van der Waals surface area contributed by atoms with Crippen LogP contribution >= 0.6 is 0 Å². The van der Waals surface area contributed by atoms with E-state index in [2.05, 4.69) is 10.5 Å². The van der Waals surface area contributed by atoms with E-state index in [0.717, 1.165) is 16.5 Å². The van der Waals surface area contributed by atoms with E-state index in [0.29, 0.717) is 11.1 Å². The van der Waals surface area contributed by atoms with Crippen molar-refractivity contribution in [3.63, 3.8) is 0 Å². The Balaban J connectivity index is 1.60. The molecule has 27 heavy (non-hydrogen) atoms. The minimum atomic E-state index is -0.324. The number of nitrogens with zero attached hydrogens (tertiary/aromatic N) is 2. The quantitative estimate of drug-likeness (QED) is 0.427. The number of hydrazone groups is 1. The fourth-order valence-electron chi connectivity index (χ4n) is 3.02. The van der Waals surface area contributed by atoms with E-state index in [1.807, 2.05) is 77.6 Å². The summed E-state index contributed by atoms with van der Waals surface area (Å²) in [5, 5.41) is 16.1. The first-order chi connectivity index (χ1) is 13.2. The van der Waals surface area contributed by atoms with Crippen LogP contribution in [0.3, 0.4) is 0 Å². The summed E-state index contributed by atoms with van der Waals surface area (Å²) in [6.45, 7) is 0. The first-order valence-corrected chi connectivity index (χ1v) is 8.50. The van der Waals surface area contributed by atoms with Crippen molar-refractivity contribution in [2.75, 3.05) is 0 Å². The fraction of sp³-hybridized carbons (Fsp3) is 0. The van der Waals surface area contributed by atoms with Gasteiger partial charge in [-0.05, 0) is 41.1 Å². The third-order valence-electron chi connectivity index (χ3n) is 4.34. The Morgan fingerprint density at radius 1 is 0.926 bits per heavy atom. The molecule has 4 rings (SSSR count). The monoisotopic (exact) mass is 355 g/mol. The Kier molecular flexibility index (Phi) is 4.41. The van der Waals surface area contributed by atoms with Crippen LogP contribution in [0.4, 0.5) is 0 Å². The highest BCUT2D eigenvalue weighted by Gasteiger charge is 2.11. The molecule has 0 aliphatic rings. The molecule has 1 aromatic heterocycles. The number of hydrogen-bond acceptors (Lipinski definition) is 3. The Labute approximate surface area is 156 Å². The molecule has 0 atom stereocenters. The van der Waals surface area contributed by atoms with Gasteiger partial charge in [-0.2, -0.15) is 5.10 Å². The van der Waals surface area contributed by atoms with Crippen LogP contribution in [0, 0.1) is 0 Å². The number of rotatable bonds is 4. The number of aromatic hydroxyl groups is 1. The molecule has 5 heteroatoms. The van der Waals surface area contributed by atoms with E-state index < -0.39 is 0 Å². The molecule has 0 saturated carbocycles. The van der Waals surface area contributed by atoms with Gasteiger partial charge in [0, 0.05) is 18.0 Å². The smallest absolute Gasteiger partial charge is 0.273 e. The number of aromatic nitrogens is 1. The third kappa shape index (κ3) is 3.30. The molecule has 0 bridgehead atoms. The zero-order chi connectivity index (χ0) is 18.6. The van der Waals surface area contributed by atoms with E-state index in [1.54, 1.807) is 12.1 Å². The van der Waals surface area contributed by atoms with Gasteiger partial charge in [0.15, 0.2) is 0 Å². The summed E-state index contributed by atoms with van der Waals surface area (Å²) < 4.78 is 1.87. The second kappa shape index (κ2) is 7.17. The number of carbonyl (C=O) groups excluding carboxylic acids is 1. The Bertz CT molecular complexity index is 1130. The average Bonchev–Trinajstić information content (AvgIpc) is 3.24. The molecular weight excluding hydrogens is 338 g/mol. The molecule has 0 aliphatic heterocycles. The van der Waals surface area contributed by atoms with Crippen molar-refractivity contribution < 1.29 is 9.90 Å². The summed E-state index contributed by atoms with van der Waals surface area (Å²) in [5.41, 5.74) is 4.38. The second-order valence-electron chi connectivity index (χ2n) is 6.03. The topological polar surface area (TPSA) is 66.6 Å². The van der Waals surface area contributed by atoms with Gasteiger partial charge in [0.2, 0.25) is 0 Å². The number of amides is 1. The molecule has 0 unspecified atom stereocenters. The number of nitrogens with one attached hydrogen (secondary N) is 1. The minimum absolute atomic E-state index is 0.111. The molecule has 1 amide bonds. The van der Waals surface area contributed by atoms with Gasteiger partial charge in [-0.15, -0.1) is 0 Å². The first-order valence-electron chi connectivity index (χ1n) is 8.50. The highest BCUT2D eigenvalue weighted by atomic mass is 16.3. The van der Waals surface area contributed by atoms with Crippen molar-refractivity contribution in [2.24, 2.45) is 5.10 Å². The van der Waals surface area contributed by atoms with Crippen LogP contribution in [-0.4, -0.2) is 21.8 Å². The van der Waals surface area contributed by atoms with E-state index in [9.17, 15) is 9.90 Å². The SMILES string of the molecule is O=C(N/N=C/c1c(O)ccc2ccccc12)c1ccccc1-n1cccc1. The molecule has 0 radical (unpaired) electrons. The number of phenols is 1. The maximum absolute atomic E-state index is 12.6. The van der Waals surface area contributed by atoms with E-state index in [-0.39, 0.29) is 11.7 Å². The molecule has 0 saturated heterocycles. The lowest BCUT2D eigenvalue weighted by molar-refractivity contribution is 0.0955. The van der Waals surface area contributed by atoms with Crippen LogP contribution in [-0.2, 0) is 0 Å². The van der Waals surface area contributed by atoms with Crippen LogP contribution in [0.25, 0.3) is 16.5 Å². The van der Waals surface area contributed by atoms with Gasteiger partial charge < -0.3 is 9.67 Å². The van der Waals surface area contributed by atoms with E-state index in [1.165, 1.54) is 6.21 Å². The number of phenolic OH excluding ortho intramolecular Hbond substituents is 1. The normalized spacial score (nSPS) is 11.1. The predicted octanol–water partition coefficient (Wildman–Crippen LogP) is 4.10. The summed E-state index contributed by atoms with van der Waals surface area (Å²) in [6.07, 6.45) is 5.22. The van der Waals surface area contributed by atoms with Gasteiger partial charge in [0.05, 0.1) is 17.5 Å². The largest absolute Gasteiger partial charge is 0.507 e. The summed E-state index contributed by atoms with van der Waals surface area (Å²) in [7, 11) is 0. The number of carbonyl (C=O) groups is 1. The maximum atomic E-state index is 12.6. The van der Waals surface area contributed by atoms with Crippen LogP contribution in [0.2, 0.25) is 0 Å². The Morgan fingerprint density at radius 3 is 2.52 bits per heavy atom. The standard InChI is InChI=1S/C22H17N3O2/c26-21-12-11-16-7-1-2-8-17(16)19(21)15-23-24-22(27)18-9-3-4-10-20(18)25-13-5-6-14-25/h1-15,26H,(H,24,27)/b23-15+. The van der Waals surface area contributed by atoms with Crippen molar-refractivity contribution in [1.29, 1.82) is 0 Å². The molecule has 1 heterocycles. The molecule has 5 nitrogen and oxygen atoms in total. The van der Waals surface area contributed by atoms with Gasteiger partial charge in [-0.1, -0.05) is 42.5 Å². The molecule has 4 aromatic rings. The number of para-hydroxylation sites is 1. The number of fused-ring (bicyclic) bond motifs is 1. The van der Waals surface area contributed by atoms with Crippen LogP contribution in [0.15, 0.2) is 90.3 Å². The summed E-state index contributed by atoms with van der Waals surface area (Å²) in [6, 6.07) is 22.2. The lowest BCUT2D eigenvalue weighted by Gasteiger charge is -2.09. The number of hydrogen-bond donors (Lipinski definition) is 2. The fourth-order valence-corrected chi connectivity index (χ4v) is 3.02. The predicted molar refractivity (Wildman–Crippen MR) is 106 cm³/mol. The van der Waals surface area contributed by atoms with Gasteiger partial charge in [0.1, 0.15) is 5.75 Å². The minimum Gasteiger partial charge on any atom is -0.507 e. The van der Waals surface area contributed by atoms with Crippen molar-refractivity contribution in [1.82, 2.24) is 9.99 Å². The summed E-state index contributed by atoms with van der Waals surface area (Å²) >= 11 is 0. The maximum Gasteiger partial charge on any atom is 0.273 e. The molecule has 0 fully saturated rings. The molecule has 0 spiro atoms. The van der Waals surface area contributed by atoms with Crippen LogP contribution in [0.1, 0.15) is 15.9 Å². The molecule has 3 aromatic carbocycles. The van der Waals surface area contributed by atoms with Crippen molar-refractivity contribution >= 4 is 22.9 Å². The van der Waals surface area contributed by atoms with Gasteiger partial charge in [0.25, 0.3) is 5.91 Å². The zero-order valence-corrected chi connectivity index (χ0v) is 14.4. The lowest BCUT2D eigenvalue weighted by Crippen LogP contribution is -2.19. The van der Waals surface area contributed by atoms with E-state index >= 15 is 0 Å². The third-order valence-corrected chi connectivity index (χ3v) is 4.34. The highest BCUT2D eigenvalue weighted by Crippen LogP contribution is 2.25. The highest BCUT2D eigenvalue weighted by molar-refractivity contribution is 6.03.